The number of para-hydroxylation sites is 2. The molecule has 27 heavy (non-hydrogen) atoms. The SMILES string of the molecule is CCCCOc1ccccc1NC(=O)CCNC(=O)c1ccc(F)cc1Cl. The molecule has 5 nitrogen and oxygen atoms in total. The van der Waals surface area contributed by atoms with Gasteiger partial charge in [-0.25, -0.2) is 4.39 Å². The van der Waals surface area contributed by atoms with Crippen LogP contribution in [0.4, 0.5) is 10.1 Å². The van der Waals surface area contributed by atoms with Crippen LogP contribution < -0.4 is 15.4 Å². The van der Waals surface area contributed by atoms with Gasteiger partial charge in [-0.3, -0.25) is 9.59 Å². The Balaban J connectivity index is 1.83. The molecule has 0 unspecified atom stereocenters. The Kier molecular flexibility index (Phi) is 8.07. The van der Waals surface area contributed by atoms with Gasteiger partial charge in [-0.2, -0.15) is 0 Å². The third-order valence-corrected chi connectivity index (χ3v) is 4.04. The first kappa shape index (κ1) is 20.7. The fourth-order valence-electron chi connectivity index (χ4n) is 2.29. The molecule has 2 N–H and O–H groups in total. The van der Waals surface area contributed by atoms with E-state index in [-0.39, 0.29) is 29.5 Å². The molecule has 0 aromatic heterocycles. The van der Waals surface area contributed by atoms with Crippen LogP contribution in [-0.4, -0.2) is 25.0 Å². The Morgan fingerprint density at radius 2 is 1.96 bits per heavy atom. The highest BCUT2D eigenvalue weighted by Gasteiger charge is 2.12. The first-order valence-electron chi connectivity index (χ1n) is 8.76. The lowest BCUT2D eigenvalue weighted by Crippen LogP contribution is -2.28. The molecule has 0 aliphatic heterocycles. The Labute approximate surface area is 162 Å². The van der Waals surface area contributed by atoms with Gasteiger partial charge in [0.1, 0.15) is 11.6 Å². The van der Waals surface area contributed by atoms with Crippen molar-refractivity contribution in [3.05, 3.63) is 58.9 Å². The van der Waals surface area contributed by atoms with E-state index in [9.17, 15) is 14.0 Å². The highest BCUT2D eigenvalue weighted by molar-refractivity contribution is 6.33. The van der Waals surface area contributed by atoms with Crippen molar-refractivity contribution in [2.75, 3.05) is 18.5 Å². The number of ether oxygens (including phenoxy) is 1. The Morgan fingerprint density at radius 3 is 2.70 bits per heavy atom. The number of carbonyl (C=O) groups excluding carboxylic acids is 2. The highest BCUT2D eigenvalue weighted by Crippen LogP contribution is 2.24. The quantitative estimate of drug-likeness (QED) is 0.621. The van der Waals surface area contributed by atoms with E-state index in [4.69, 9.17) is 16.3 Å². The van der Waals surface area contributed by atoms with Crippen LogP contribution in [0.2, 0.25) is 5.02 Å². The molecule has 2 aromatic carbocycles. The fraction of sp³-hybridized carbons (Fsp3) is 0.300. The minimum atomic E-state index is -0.518. The average Bonchev–Trinajstić information content (AvgIpc) is 2.63. The molecule has 7 heteroatoms. The van der Waals surface area contributed by atoms with E-state index in [0.29, 0.717) is 18.0 Å². The zero-order valence-electron chi connectivity index (χ0n) is 15.1. The summed E-state index contributed by atoms with van der Waals surface area (Å²) in [4.78, 5) is 24.2. The van der Waals surface area contributed by atoms with E-state index < -0.39 is 11.7 Å². The topological polar surface area (TPSA) is 67.4 Å². The number of anilines is 1. The Bertz CT molecular complexity index is 799. The molecule has 2 aromatic rings. The first-order chi connectivity index (χ1) is 13.0. The zero-order chi connectivity index (χ0) is 19.6. The molecular weight excluding hydrogens is 371 g/mol. The number of rotatable bonds is 9. The summed E-state index contributed by atoms with van der Waals surface area (Å²) in [6, 6.07) is 10.7. The van der Waals surface area contributed by atoms with Crippen LogP contribution in [0.5, 0.6) is 5.75 Å². The molecule has 144 valence electrons. The zero-order valence-corrected chi connectivity index (χ0v) is 15.8. The summed E-state index contributed by atoms with van der Waals surface area (Å²) >= 11 is 5.85. The molecule has 0 radical (unpaired) electrons. The summed E-state index contributed by atoms with van der Waals surface area (Å²) in [5.41, 5.74) is 0.750. The fourth-order valence-corrected chi connectivity index (χ4v) is 2.55. The molecule has 0 saturated carbocycles. The minimum absolute atomic E-state index is 0.0232. The summed E-state index contributed by atoms with van der Waals surface area (Å²) in [6.07, 6.45) is 2.03. The number of hydrogen-bond acceptors (Lipinski definition) is 3. The normalized spacial score (nSPS) is 10.3. The number of amides is 2. The molecule has 0 fully saturated rings. The molecule has 2 rings (SSSR count). The lowest BCUT2D eigenvalue weighted by atomic mass is 10.2. The molecule has 0 aliphatic rings. The van der Waals surface area contributed by atoms with Gasteiger partial charge >= 0.3 is 0 Å². The second-order valence-corrected chi connectivity index (χ2v) is 6.28. The number of unbranched alkanes of at least 4 members (excludes halogenated alkanes) is 1. The van der Waals surface area contributed by atoms with Crippen molar-refractivity contribution in [2.24, 2.45) is 0 Å². The van der Waals surface area contributed by atoms with Crippen molar-refractivity contribution < 1.29 is 18.7 Å². The lowest BCUT2D eigenvalue weighted by Gasteiger charge is -2.12. The van der Waals surface area contributed by atoms with Gasteiger partial charge in [-0.05, 0) is 36.8 Å². The van der Waals surface area contributed by atoms with E-state index in [2.05, 4.69) is 17.6 Å². The Hall–Kier alpha value is -2.60. The maximum Gasteiger partial charge on any atom is 0.252 e. The second-order valence-electron chi connectivity index (χ2n) is 5.88. The largest absolute Gasteiger partial charge is 0.491 e. The van der Waals surface area contributed by atoms with Crippen molar-refractivity contribution in [3.63, 3.8) is 0 Å². The highest BCUT2D eigenvalue weighted by atomic mass is 35.5. The van der Waals surface area contributed by atoms with Crippen LogP contribution in [0.1, 0.15) is 36.5 Å². The third-order valence-electron chi connectivity index (χ3n) is 3.73. The summed E-state index contributed by atoms with van der Waals surface area (Å²) in [5, 5.41) is 5.40. The second kappa shape index (κ2) is 10.5. The van der Waals surface area contributed by atoms with Crippen molar-refractivity contribution in [1.82, 2.24) is 5.32 Å². The van der Waals surface area contributed by atoms with Crippen LogP contribution in [0, 0.1) is 5.82 Å². The smallest absolute Gasteiger partial charge is 0.252 e. The minimum Gasteiger partial charge on any atom is -0.491 e. The molecule has 0 heterocycles. The molecule has 0 spiro atoms. The summed E-state index contributed by atoms with van der Waals surface area (Å²) < 4.78 is 18.7. The van der Waals surface area contributed by atoms with Gasteiger partial charge in [-0.1, -0.05) is 37.1 Å². The average molecular weight is 393 g/mol. The van der Waals surface area contributed by atoms with Crippen LogP contribution in [0.15, 0.2) is 42.5 Å². The van der Waals surface area contributed by atoms with Crippen molar-refractivity contribution in [3.8, 4) is 5.75 Å². The van der Waals surface area contributed by atoms with Gasteiger partial charge in [0.05, 0.1) is 22.9 Å². The van der Waals surface area contributed by atoms with Crippen LogP contribution in [0.25, 0.3) is 0 Å². The van der Waals surface area contributed by atoms with Crippen molar-refractivity contribution >= 4 is 29.1 Å². The maximum absolute atomic E-state index is 13.0. The molecule has 0 bridgehead atoms. The van der Waals surface area contributed by atoms with E-state index in [1.807, 2.05) is 6.07 Å². The lowest BCUT2D eigenvalue weighted by molar-refractivity contribution is -0.116. The van der Waals surface area contributed by atoms with E-state index in [1.165, 1.54) is 6.07 Å². The van der Waals surface area contributed by atoms with Crippen LogP contribution >= 0.6 is 11.6 Å². The number of nitrogens with one attached hydrogen (secondary N) is 2. The van der Waals surface area contributed by atoms with Crippen molar-refractivity contribution in [1.29, 1.82) is 0 Å². The van der Waals surface area contributed by atoms with E-state index in [0.717, 1.165) is 25.0 Å². The van der Waals surface area contributed by atoms with E-state index >= 15 is 0 Å². The maximum atomic E-state index is 13.0. The van der Waals surface area contributed by atoms with Crippen molar-refractivity contribution in [2.45, 2.75) is 26.2 Å². The monoisotopic (exact) mass is 392 g/mol. The predicted octanol–water partition coefficient (Wildman–Crippen LogP) is 4.42. The number of hydrogen-bond donors (Lipinski definition) is 2. The van der Waals surface area contributed by atoms with Gasteiger partial charge in [0.2, 0.25) is 5.91 Å². The number of carbonyl (C=O) groups is 2. The van der Waals surface area contributed by atoms with E-state index in [1.54, 1.807) is 18.2 Å². The molecule has 0 aliphatic carbocycles. The van der Waals surface area contributed by atoms with Gasteiger partial charge < -0.3 is 15.4 Å². The standard InChI is InChI=1S/C20H22ClFN2O3/c1-2-3-12-27-18-7-5-4-6-17(18)24-19(25)10-11-23-20(26)15-9-8-14(22)13-16(15)21/h4-9,13H,2-3,10-12H2,1H3,(H,23,26)(H,24,25). The van der Waals surface area contributed by atoms with Gasteiger partial charge in [0.15, 0.2) is 0 Å². The number of halogens is 2. The molecule has 2 amide bonds. The summed E-state index contributed by atoms with van der Waals surface area (Å²) in [5.74, 6) is -0.625. The summed E-state index contributed by atoms with van der Waals surface area (Å²) in [6.45, 7) is 2.78. The number of benzene rings is 2. The van der Waals surface area contributed by atoms with Gasteiger partial charge in [0, 0.05) is 13.0 Å². The Morgan fingerprint density at radius 1 is 1.19 bits per heavy atom. The third kappa shape index (κ3) is 6.57. The molecular formula is C20H22ClFN2O3. The molecule has 0 saturated heterocycles. The molecule has 0 atom stereocenters. The first-order valence-corrected chi connectivity index (χ1v) is 9.14. The van der Waals surface area contributed by atoms with Gasteiger partial charge in [-0.15, -0.1) is 0 Å². The van der Waals surface area contributed by atoms with Crippen LogP contribution in [0.3, 0.4) is 0 Å². The predicted molar refractivity (Wildman–Crippen MR) is 104 cm³/mol. The summed E-state index contributed by atoms with van der Waals surface area (Å²) in [7, 11) is 0. The van der Waals surface area contributed by atoms with Crippen LogP contribution in [-0.2, 0) is 4.79 Å². The van der Waals surface area contributed by atoms with Gasteiger partial charge in [0.25, 0.3) is 5.91 Å².